The van der Waals surface area contributed by atoms with E-state index in [0.717, 1.165) is 46.2 Å². The SMILES string of the molecule is Cc1ccc(Cn2c(CCc3ccc(C(=N)N)cc3)nc3cc(C(=O)N(CCN)Cc4ccc5ccccc5c4)ccc32)cc1. The van der Waals surface area contributed by atoms with Gasteiger partial charge in [-0.1, -0.05) is 90.5 Å². The number of aromatic nitrogens is 2. The molecule has 0 radical (unpaired) electrons. The number of carbonyl (C=O) groups excluding carboxylic acids is 1. The van der Waals surface area contributed by atoms with Crippen LogP contribution in [0.25, 0.3) is 21.8 Å². The van der Waals surface area contributed by atoms with E-state index in [0.29, 0.717) is 37.3 Å². The van der Waals surface area contributed by atoms with E-state index in [-0.39, 0.29) is 11.7 Å². The number of rotatable bonds is 11. The molecule has 0 spiro atoms. The molecule has 0 bridgehead atoms. The van der Waals surface area contributed by atoms with Gasteiger partial charge in [0.05, 0.1) is 11.0 Å². The van der Waals surface area contributed by atoms with E-state index in [1.165, 1.54) is 16.5 Å². The molecule has 0 fully saturated rings. The molecule has 1 aromatic heterocycles. The van der Waals surface area contributed by atoms with Gasteiger partial charge in [0.25, 0.3) is 5.91 Å². The van der Waals surface area contributed by atoms with Crippen molar-refractivity contribution in [1.29, 1.82) is 5.41 Å². The van der Waals surface area contributed by atoms with Gasteiger partial charge in [-0.3, -0.25) is 10.2 Å². The number of amidine groups is 1. The molecular formula is C38H38N6O. The highest BCUT2D eigenvalue weighted by atomic mass is 16.2. The summed E-state index contributed by atoms with van der Waals surface area (Å²) < 4.78 is 2.25. The maximum Gasteiger partial charge on any atom is 0.254 e. The van der Waals surface area contributed by atoms with E-state index < -0.39 is 0 Å². The number of nitrogen functional groups attached to an aromatic ring is 1. The molecule has 5 N–H and O–H groups in total. The zero-order valence-corrected chi connectivity index (χ0v) is 25.5. The van der Waals surface area contributed by atoms with Gasteiger partial charge in [0.2, 0.25) is 0 Å². The lowest BCUT2D eigenvalue weighted by molar-refractivity contribution is 0.0748. The lowest BCUT2D eigenvalue weighted by atomic mass is 10.1. The van der Waals surface area contributed by atoms with E-state index in [1.54, 1.807) is 0 Å². The number of nitrogens with zero attached hydrogens (tertiary/aromatic N) is 3. The first-order valence-corrected chi connectivity index (χ1v) is 15.3. The molecule has 226 valence electrons. The molecule has 0 saturated heterocycles. The Labute approximate surface area is 263 Å². The second-order valence-corrected chi connectivity index (χ2v) is 11.6. The highest BCUT2D eigenvalue weighted by Gasteiger charge is 2.19. The number of imidazole rings is 1. The van der Waals surface area contributed by atoms with Crippen LogP contribution in [-0.4, -0.2) is 39.3 Å². The molecule has 0 unspecified atom stereocenters. The van der Waals surface area contributed by atoms with E-state index in [2.05, 4.69) is 66.1 Å². The van der Waals surface area contributed by atoms with E-state index in [1.807, 2.05) is 59.5 Å². The van der Waals surface area contributed by atoms with Crippen molar-refractivity contribution in [2.24, 2.45) is 11.5 Å². The molecule has 0 aliphatic carbocycles. The maximum absolute atomic E-state index is 13.9. The third kappa shape index (κ3) is 6.79. The van der Waals surface area contributed by atoms with Gasteiger partial charge in [0, 0.05) is 43.7 Å². The quantitative estimate of drug-likeness (QED) is 0.122. The highest BCUT2D eigenvalue weighted by molar-refractivity contribution is 5.97. The Hall–Kier alpha value is -5.27. The fourth-order valence-corrected chi connectivity index (χ4v) is 5.81. The van der Waals surface area contributed by atoms with E-state index >= 15 is 0 Å². The molecule has 6 aromatic rings. The summed E-state index contributed by atoms with van der Waals surface area (Å²) in [6.07, 6.45) is 1.52. The molecule has 6 rings (SSSR count). The summed E-state index contributed by atoms with van der Waals surface area (Å²) in [5.41, 5.74) is 19.3. The number of amides is 1. The van der Waals surface area contributed by atoms with Crippen LogP contribution in [0.2, 0.25) is 0 Å². The molecule has 1 heterocycles. The number of nitrogens with one attached hydrogen (secondary N) is 1. The van der Waals surface area contributed by atoms with E-state index in [4.69, 9.17) is 21.9 Å². The molecule has 0 atom stereocenters. The summed E-state index contributed by atoms with van der Waals surface area (Å²) in [7, 11) is 0. The Kier molecular flexibility index (Phi) is 8.71. The van der Waals surface area contributed by atoms with Crippen LogP contribution in [0.15, 0.2) is 109 Å². The van der Waals surface area contributed by atoms with Crippen molar-refractivity contribution in [3.8, 4) is 0 Å². The highest BCUT2D eigenvalue weighted by Crippen LogP contribution is 2.23. The van der Waals surface area contributed by atoms with Crippen molar-refractivity contribution in [2.45, 2.75) is 32.9 Å². The molecule has 0 aliphatic heterocycles. The van der Waals surface area contributed by atoms with Crippen molar-refractivity contribution in [3.05, 3.63) is 148 Å². The lowest BCUT2D eigenvalue weighted by Crippen LogP contribution is -2.34. The molecule has 0 saturated carbocycles. The maximum atomic E-state index is 13.9. The number of fused-ring (bicyclic) bond motifs is 2. The summed E-state index contributed by atoms with van der Waals surface area (Å²) in [6.45, 7) is 4.09. The number of carbonyl (C=O) groups is 1. The summed E-state index contributed by atoms with van der Waals surface area (Å²) in [6, 6.07) is 36.8. The molecule has 7 nitrogen and oxygen atoms in total. The zero-order valence-electron chi connectivity index (χ0n) is 25.5. The van der Waals surface area contributed by atoms with Crippen LogP contribution in [0.3, 0.4) is 0 Å². The molecule has 0 aliphatic rings. The zero-order chi connectivity index (χ0) is 31.3. The van der Waals surface area contributed by atoms with Gasteiger partial charge < -0.3 is 20.9 Å². The van der Waals surface area contributed by atoms with Gasteiger partial charge in [-0.15, -0.1) is 0 Å². The number of nitrogens with two attached hydrogens (primary N) is 2. The van der Waals surface area contributed by atoms with Crippen LogP contribution in [-0.2, 0) is 25.9 Å². The van der Waals surface area contributed by atoms with Crippen molar-refractivity contribution >= 4 is 33.5 Å². The second kappa shape index (κ2) is 13.2. The minimum Gasteiger partial charge on any atom is -0.384 e. The lowest BCUT2D eigenvalue weighted by Gasteiger charge is -2.22. The van der Waals surface area contributed by atoms with Crippen molar-refractivity contribution in [2.75, 3.05) is 13.1 Å². The fourth-order valence-electron chi connectivity index (χ4n) is 5.81. The Morgan fingerprint density at radius 2 is 1.49 bits per heavy atom. The smallest absolute Gasteiger partial charge is 0.254 e. The molecule has 1 amide bonds. The standard InChI is InChI=1S/C38H38N6O/c1-26-6-8-28(9-7-26)25-44-35-18-17-33(23-34(35)42-36(44)19-13-27-10-15-31(16-11-27)37(40)41)38(45)43(21-20-39)24-29-12-14-30-4-2-3-5-32(30)22-29/h2-12,14-18,22-23H,13,19-21,24-25,39H2,1H3,(H3,40,41). The molecule has 7 heteroatoms. The first kappa shape index (κ1) is 29.8. The van der Waals surface area contributed by atoms with Crippen LogP contribution in [0, 0.1) is 12.3 Å². The molecular weight excluding hydrogens is 556 g/mol. The Morgan fingerprint density at radius 1 is 0.800 bits per heavy atom. The topological polar surface area (TPSA) is 114 Å². The average molecular weight is 595 g/mol. The van der Waals surface area contributed by atoms with Crippen LogP contribution in [0.5, 0.6) is 0 Å². The van der Waals surface area contributed by atoms with Gasteiger partial charge in [-0.2, -0.15) is 0 Å². The van der Waals surface area contributed by atoms with Gasteiger partial charge >= 0.3 is 0 Å². The van der Waals surface area contributed by atoms with E-state index in [9.17, 15) is 4.79 Å². The van der Waals surface area contributed by atoms with Gasteiger partial charge in [0.15, 0.2) is 0 Å². The van der Waals surface area contributed by atoms with Crippen molar-refractivity contribution in [3.63, 3.8) is 0 Å². The fraction of sp³-hybridized carbons (Fsp3) is 0.184. The van der Waals surface area contributed by atoms with Crippen LogP contribution in [0.1, 0.15) is 44.0 Å². The summed E-state index contributed by atoms with van der Waals surface area (Å²) in [4.78, 5) is 20.7. The number of hydrogen-bond acceptors (Lipinski definition) is 4. The number of aryl methyl sites for hydroxylation is 3. The van der Waals surface area contributed by atoms with Gasteiger partial charge in [-0.25, -0.2) is 4.98 Å². The Bertz CT molecular complexity index is 1970. The van der Waals surface area contributed by atoms with Gasteiger partial charge in [0.1, 0.15) is 11.7 Å². The predicted octanol–water partition coefficient (Wildman–Crippen LogP) is 6.22. The second-order valence-electron chi connectivity index (χ2n) is 11.6. The minimum atomic E-state index is -0.0595. The van der Waals surface area contributed by atoms with Crippen LogP contribution in [0.4, 0.5) is 0 Å². The average Bonchev–Trinajstić information content (AvgIpc) is 3.40. The predicted molar refractivity (Wildman–Crippen MR) is 183 cm³/mol. The monoisotopic (exact) mass is 594 g/mol. The summed E-state index contributed by atoms with van der Waals surface area (Å²) in [5.74, 6) is 0.964. The van der Waals surface area contributed by atoms with Gasteiger partial charge in [-0.05, 0) is 65.1 Å². The first-order chi connectivity index (χ1) is 21.9. The number of hydrogen-bond donors (Lipinski definition) is 3. The first-order valence-electron chi connectivity index (χ1n) is 15.3. The summed E-state index contributed by atoms with van der Waals surface area (Å²) in [5, 5.41) is 9.99. The minimum absolute atomic E-state index is 0.0595. The molecule has 5 aromatic carbocycles. The Balaban J connectivity index is 1.29. The third-order valence-electron chi connectivity index (χ3n) is 8.31. The van der Waals surface area contributed by atoms with Crippen LogP contribution >= 0.6 is 0 Å². The van der Waals surface area contributed by atoms with Crippen molar-refractivity contribution < 1.29 is 4.79 Å². The summed E-state index contributed by atoms with van der Waals surface area (Å²) >= 11 is 0. The Morgan fingerprint density at radius 3 is 2.22 bits per heavy atom. The normalized spacial score (nSPS) is 11.2. The number of benzene rings is 5. The van der Waals surface area contributed by atoms with Crippen molar-refractivity contribution in [1.82, 2.24) is 14.5 Å². The third-order valence-corrected chi connectivity index (χ3v) is 8.31. The molecule has 45 heavy (non-hydrogen) atoms. The van der Waals surface area contributed by atoms with Crippen LogP contribution < -0.4 is 11.5 Å². The largest absolute Gasteiger partial charge is 0.384 e.